The van der Waals surface area contributed by atoms with Crippen molar-refractivity contribution in [3.63, 3.8) is 0 Å². The second-order valence-corrected chi connectivity index (χ2v) is 5.27. The number of nitrogens with two attached hydrogens (primary N) is 1. The molecule has 0 bridgehead atoms. The fraction of sp³-hybridized carbons (Fsp3) is 0.467. The number of anilines is 1. The zero-order valence-corrected chi connectivity index (χ0v) is 11.7. The van der Waals surface area contributed by atoms with Crippen LogP contribution in [0, 0.1) is 5.92 Å². The van der Waals surface area contributed by atoms with Crippen molar-refractivity contribution in [3.05, 3.63) is 30.3 Å². The average molecular weight is 275 g/mol. The number of carbonyl (C=O) groups is 2. The number of benzene rings is 1. The van der Waals surface area contributed by atoms with Gasteiger partial charge >= 0.3 is 0 Å². The van der Waals surface area contributed by atoms with E-state index in [0.717, 1.165) is 25.1 Å². The van der Waals surface area contributed by atoms with Crippen LogP contribution in [0.5, 0.6) is 0 Å². The Bertz CT molecular complexity index is 475. The second kappa shape index (κ2) is 6.52. The number of nitrogens with zero attached hydrogens (tertiary/aromatic N) is 1. The largest absolute Gasteiger partial charge is 0.369 e. The van der Waals surface area contributed by atoms with Gasteiger partial charge in [0.05, 0.1) is 12.0 Å². The summed E-state index contributed by atoms with van der Waals surface area (Å²) >= 11 is 0. The topological polar surface area (TPSA) is 75.4 Å². The predicted octanol–water partition coefficient (Wildman–Crippen LogP) is 1.21. The van der Waals surface area contributed by atoms with Crippen molar-refractivity contribution in [2.24, 2.45) is 11.7 Å². The number of rotatable bonds is 4. The van der Waals surface area contributed by atoms with Gasteiger partial charge in [0.1, 0.15) is 0 Å². The number of piperidine rings is 1. The number of hydrogen-bond acceptors (Lipinski definition) is 3. The van der Waals surface area contributed by atoms with E-state index in [1.54, 1.807) is 0 Å². The molecule has 0 radical (unpaired) electrons. The Labute approximate surface area is 119 Å². The van der Waals surface area contributed by atoms with Gasteiger partial charge in [-0.2, -0.15) is 0 Å². The van der Waals surface area contributed by atoms with E-state index in [1.165, 1.54) is 0 Å². The number of primary amides is 1. The van der Waals surface area contributed by atoms with Crippen molar-refractivity contribution in [2.75, 3.05) is 18.4 Å². The average Bonchev–Trinajstić information content (AvgIpc) is 2.47. The highest BCUT2D eigenvalue weighted by molar-refractivity contribution is 5.94. The third-order valence-corrected chi connectivity index (χ3v) is 3.82. The normalized spacial score (nSPS) is 21.1. The number of nitrogens with one attached hydrogen (secondary N) is 1. The molecule has 20 heavy (non-hydrogen) atoms. The highest BCUT2D eigenvalue weighted by atomic mass is 16.2. The minimum Gasteiger partial charge on any atom is -0.369 e. The van der Waals surface area contributed by atoms with E-state index in [0.29, 0.717) is 6.54 Å². The first-order chi connectivity index (χ1) is 9.58. The summed E-state index contributed by atoms with van der Waals surface area (Å²) in [6.45, 7) is 3.26. The van der Waals surface area contributed by atoms with Crippen LogP contribution in [-0.4, -0.2) is 35.8 Å². The van der Waals surface area contributed by atoms with Gasteiger partial charge in [-0.05, 0) is 38.4 Å². The molecule has 5 heteroatoms. The minimum absolute atomic E-state index is 0.0543. The van der Waals surface area contributed by atoms with Gasteiger partial charge in [0.2, 0.25) is 11.8 Å². The molecular weight excluding hydrogens is 254 g/mol. The fourth-order valence-electron chi connectivity index (χ4n) is 2.52. The molecule has 1 aromatic carbocycles. The lowest BCUT2D eigenvalue weighted by molar-refractivity contribution is -0.127. The Balaban J connectivity index is 1.94. The third kappa shape index (κ3) is 3.57. The van der Waals surface area contributed by atoms with Gasteiger partial charge in [0.25, 0.3) is 0 Å². The summed E-state index contributed by atoms with van der Waals surface area (Å²) in [5.41, 5.74) is 6.15. The minimum atomic E-state index is -0.273. The fourth-order valence-corrected chi connectivity index (χ4v) is 2.52. The van der Waals surface area contributed by atoms with E-state index >= 15 is 0 Å². The number of carbonyl (C=O) groups excluding carboxylic acids is 2. The first-order valence-electron chi connectivity index (χ1n) is 6.97. The van der Waals surface area contributed by atoms with Crippen LogP contribution in [0.15, 0.2) is 30.3 Å². The van der Waals surface area contributed by atoms with E-state index in [2.05, 4.69) is 5.32 Å². The summed E-state index contributed by atoms with van der Waals surface area (Å²) in [5, 5.41) is 2.89. The van der Waals surface area contributed by atoms with E-state index < -0.39 is 0 Å². The quantitative estimate of drug-likeness (QED) is 0.867. The molecule has 1 saturated heterocycles. The first kappa shape index (κ1) is 14.5. The van der Waals surface area contributed by atoms with Crippen LogP contribution >= 0.6 is 0 Å². The van der Waals surface area contributed by atoms with Gasteiger partial charge in [-0.1, -0.05) is 18.2 Å². The Morgan fingerprint density at radius 2 is 2.05 bits per heavy atom. The molecule has 2 atom stereocenters. The van der Waals surface area contributed by atoms with Crippen molar-refractivity contribution < 1.29 is 9.59 Å². The predicted molar refractivity (Wildman–Crippen MR) is 78.0 cm³/mol. The lowest BCUT2D eigenvalue weighted by Crippen LogP contribution is -2.49. The monoisotopic (exact) mass is 275 g/mol. The molecule has 1 heterocycles. The summed E-state index contributed by atoms with van der Waals surface area (Å²) in [4.78, 5) is 25.5. The Morgan fingerprint density at radius 1 is 1.35 bits per heavy atom. The molecule has 1 fully saturated rings. The van der Waals surface area contributed by atoms with Crippen LogP contribution < -0.4 is 11.1 Å². The zero-order chi connectivity index (χ0) is 14.5. The summed E-state index contributed by atoms with van der Waals surface area (Å²) in [6.07, 6.45) is 1.72. The molecule has 0 saturated carbocycles. The van der Waals surface area contributed by atoms with E-state index in [-0.39, 0.29) is 23.8 Å². The Kier molecular flexibility index (Phi) is 4.74. The van der Waals surface area contributed by atoms with Crippen molar-refractivity contribution in [3.8, 4) is 0 Å². The molecule has 108 valence electrons. The summed E-state index contributed by atoms with van der Waals surface area (Å²) < 4.78 is 0. The summed E-state index contributed by atoms with van der Waals surface area (Å²) in [5.74, 6) is -0.470. The molecular formula is C15H21N3O2. The highest BCUT2D eigenvalue weighted by Gasteiger charge is 2.29. The number of amides is 2. The summed E-state index contributed by atoms with van der Waals surface area (Å²) in [7, 11) is 0. The molecule has 0 spiro atoms. The first-order valence-corrected chi connectivity index (χ1v) is 6.97. The van der Waals surface area contributed by atoms with Crippen LogP contribution in [0.4, 0.5) is 5.69 Å². The van der Waals surface area contributed by atoms with Crippen LogP contribution in [0.3, 0.4) is 0 Å². The molecule has 5 nitrogen and oxygen atoms in total. The molecule has 2 rings (SSSR count). The third-order valence-electron chi connectivity index (χ3n) is 3.82. The Morgan fingerprint density at radius 3 is 2.70 bits per heavy atom. The van der Waals surface area contributed by atoms with Gasteiger partial charge in [-0.25, -0.2) is 0 Å². The van der Waals surface area contributed by atoms with Crippen LogP contribution in [0.1, 0.15) is 19.8 Å². The van der Waals surface area contributed by atoms with Gasteiger partial charge in [0, 0.05) is 12.2 Å². The summed E-state index contributed by atoms with van der Waals surface area (Å²) in [6, 6.07) is 9.10. The van der Waals surface area contributed by atoms with Crippen molar-refractivity contribution in [2.45, 2.75) is 25.8 Å². The van der Waals surface area contributed by atoms with Gasteiger partial charge in [0.15, 0.2) is 0 Å². The van der Waals surface area contributed by atoms with E-state index in [1.807, 2.05) is 42.2 Å². The maximum Gasteiger partial charge on any atom is 0.241 e. The molecule has 2 amide bonds. The number of likely N-dealkylation sites (tertiary alicyclic amines) is 1. The molecule has 1 aromatic rings. The van der Waals surface area contributed by atoms with Crippen molar-refractivity contribution in [1.82, 2.24) is 4.90 Å². The second-order valence-electron chi connectivity index (χ2n) is 5.27. The zero-order valence-electron chi connectivity index (χ0n) is 11.7. The molecule has 0 aromatic heterocycles. The van der Waals surface area contributed by atoms with Crippen molar-refractivity contribution in [1.29, 1.82) is 0 Å². The molecule has 2 unspecified atom stereocenters. The van der Waals surface area contributed by atoms with Gasteiger partial charge in [-0.15, -0.1) is 0 Å². The lowest BCUT2D eigenvalue weighted by Gasteiger charge is -2.34. The smallest absolute Gasteiger partial charge is 0.241 e. The molecule has 0 aliphatic carbocycles. The van der Waals surface area contributed by atoms with Crippen molar-refractivity contribution >= 4 is 17.5 Å². The SMILES string of the molecule is CC(C(=O)Nc1ccccc1)N1CCCC(C(N)=O)C1. The maximum atomic E-state index is 12.2. The van der Waals surface area contributed by atoms with Gasteiger partial charge in [-0.3, -0.25) is 14.5 Å². The van der Waals surface area contributed by atoms with Crippen LogP contribution in [0.25, 0.3) is 0 Å². The number of para-hydroxylation sites is 1. The van der Waals surface area contributed by atoms with Gasteiger partial charge < -0.3 is 11.1 Å². The molecule has 1 aliphatic heterocycles. The van der Waals surface area contributed by atoms with E-state index in [9.17, 15) is 9.59 Å². The number of hydrogen-bond donors (Lipinski definition) is 2. The maximum absolute atomic E-state index is 12.2. The molecule has 3 N–H and O–H groups in total. The molecule has 1 aliphatic rings. The van der Waals surface area contributed by atoms with Crippen LogP contribution in [0.2, 0.25) is 0 Å². The lowest BCUT2D eigenvalue weighted by atomic mass is 9.96. The van der Waals surface area contributed by atoms with Crippen LogP contribution in [-0.2, 0) is 9.59 Å². The van der Waals surface area contributed by atoms with E-state index in [4.69, 9.17) is 5.73 Å². The highest BCUT2D eigenvalue weighted by Crippen LogP contribution is 2.19. The Hall–Kier alpha value is -1.88. The standard InChI is InChI=1S/C15H21N3O2/c1-11(15(20)17-13-7-3-2-4-8-13)18-9-5-6-12(10-18)14(16)19/h2-4,7-8,11-12H,5-6,9-10H2,1H3,(H2,16,19)(H,17,20).